The lowest BCUT2D eigenvalue weighted by atomic mass is 9.79. The van der Waals surface area contributed by atoms with Crippen LogP contribution in [0.1, 0.15) is 44.8 Å². The fourth-order valence-corrected chi connectivity index (χ4v) is 3.30. The number of carboxylic acids is 1. The highest BCUT2D eigenvalue weighted by atomic mass is 32.1. The van der Waals surface area contributed by atoms with E-state index in [1.54, 1.807) is 5.38 Å². The third-order valence-electron chi connectivity index (χ3n) is 4.03. The molecule has 2 rings (SSSR count). The quantitative estimate of drug-likeness (QED) is 0.790. The van der Waals surface area contributed by atoms with Crippen LogP contribution in [0, 0.1) is 11.8 Å². The van der Waals surface area contributed by atoms with Crippen LogP contribution in [0.5, 0.6) is 0 Å². The SMILES string of the molecule is CC1CCC(Nc2nc(C(N)C(=O)O)cs2)CC1C. The van der Waals surface area contributed by atoms with E-state index in [1.807, 2.05) is 0 Å². The van der Waals surface area contributed by atoms with Crippen molar-refractivity contribution < 1.29 is 9.90 Å². The molecule has 4 unspecified atom stereocenters. The number of thiazole rings is 1. The lowest BCUT2D eigenvalue weighted by Crippen LogP contribution is -2.30. The fourth-order valence-electron chi connectivity index (χ4n) is 2.48. The third kappa shape index (κ3) is 3.45. The Morgan fingerprint density at radius 3 is 2.89 bits per heavy atom. The van der Waals surface area contributed by atoms with Crippen LogP contribution < -0.4 is 11.1 Å². The minimum Gasteiger partial charge on any atom is -0.480 e. The molecular weight excluding hydrogens is 262 g/mol. The Kier molecular flexibility index (Phi) is 4.42. The van der Waals surface area contributed by atoms with Crippen LogP contribution in [0.3, 0.4) is 0 Å². The lowest BCUT2D eigenvalue weighted by molar-refractivity contribution is -0.138. The number of rotatable bonds is 4. The molecule has 1 heterocycles. The van der Waals surface area contributed by atoms with Crippen molar-refractivity contribution in [3.05, 3.63) is 11.1 Å². The molecule has 1 aliphatic rings. The Morgan fingerprint density at radius 2 is 2.26 bits per heavy atom. The molecule has 1 saturated carbocycles. The van der Waals surface area contributed by atoms with Crippen LogP contribution in [0.2, 0.25) is 0 Å². The molecule has 0 aromatic carbocycles. The van der Waals surface area contributed by atoms with E-state index in [4.69, 9.17) is 10.8 Å². The van der Waals surface area contributed by atoms with Gasteiger partial charge >= 0.3 is 5.97 Å². The number of carboxylic acid groups (broad SMARTS) is 1. The molecule has 0 saturated heterocycles. The van der Waals surface area contributed by atoms with E-state index in [-0.39, 0.29) is 0 Å². The van der Waals surface area contributed by atoms with Crippen molar-refractivity contribution in [3.8, 4) is 0 Å². The number of nitrogens with one attached hydrogen (secondary N) is 1. The van der Waals surface area contributed by atoms with Crippen molar-refractivity contribution in [1.29, 1.82) is 0 Å². The van der Waals surface area contributed by atoms with E-state index < -0.39 is 12.0 Å². The number of aromatic nitrogens is 1. The van der Waals surface area contributed by atoms with Crippen molar-refractivity contribution >= 4 is 22.4 Å². The molecule has 5 nitrogen and oxygen atoms in total. The smallest absolute Gasteiger partial charge is 0.326 e. The Labute approximate surface area is 117 Å². The van der Waals surface area contributed by atoms with Gasteiger partial charge in [-0.3, -0.25) is 4.79 Å². The zero-order valence-electron chi connectivity index (χ0n) is 11.3. The lowest BCUT2D eigenvalue weighted by Gasteiger charge is -2.32. The molecular formula is C13H21N3O2S. The van der Waals surface area contributed by atoms with Crippen molar-refractivity contribution in [2.24, 2.45) is 17.6 Å². The van der Waals surface area contributed by atoms with Crippen LogP contribution in [-0.2, 0) is 4.79 Å². The maximum absolute atomic E-state index is 10.8. The first kappa shape index (κ1) is 14.3. The van der Waals surface area contributed by atoms with Gasteiger partial charge in [-0.1, -0.05) is 13.8 Å². The Hall–Kier alpha value is -1.14. The number of hydrogen-bond donors (Lipinski definition) is 3. The summed E-state index contributed by atoms with van der Waals surface area (Å²) in [5, 5.41) is 14.7. The van der Waals surface area contributed by atoms with Gasteiger partial charge < -0.3 is 16.2 Å². The van der Waals surface area contributed by atoms with E-state index >= 15 is 0 Å². The average Bonchev–Trinajstić information content (AvgIpc) is 2.81. The van der Waals surface area contributed by atoms with Crippen molar-refractivity contribution in [3.63, 3.8) is 0 Å². The van der Waals surface area contributed by atoms with Crippen LogP contribution in [0.15, 0.2) is 5.38 Å². The molecule has 1 aromatic heterocycles. The highest BCUT2D eigenvalue weighted by molar-refractivity contribution is 7.13. The van der Waals surface area contributed by atoms with Gasteiger partial charge in [0.15, 0.2) is 5.13 Å². The van der Waals surface area contributed by atoms with Gasteiger partial charge in [-0.05, 0) is 31.1 Å². The summed E-state index contributed by atoms with van der Waals surface area (Å²) >= 11 is 1.43. The monoisotopic (exact) mass is 283 g/mol. The van der Waals surface area contributed by atoms with Crippen LogP contribution >= 0.6 is 11.3 Å². The third-order valence-corrected chi connectivity index (χ3v) is 4.82. The largest absolute Gasteiger partial charge is 0.480 e. The molecule has 4 atom stereocenters. The first-order chi connectivity index (χ1) is 8.97. The molecule has 1 aromatic rings. The van der Waals surface area contributed by atoms with Crippen LogP contribution in [0.25, 0.3) is 0 Å². The molecule has 0 bridgehead atoms. The van der Waals surface area contributed by atoms with Crippen molar-refractivity contribution in [1.82, 2.24) is 4.98 Å². The summed E-state index contributed by atoms with van der Waals surface area (Å²) < 4.78 is 0. The molecule has 19 heavy (non-hydrogen) atoms. The number of aliphatic carboxylic acids is 1. The summed E-state index contributed by atoms with van der Waals surface area (Å²) in [6.07, 6.45) is 3.51. The van der Waals surface area contributed by atoms with Gasteiger partial charge in [0.25, 0.3) is 0 Å². The minimum absolute atomic E-state index is 0.428. The van der Waals surface area contributed by atoms with Gasteiger partial charge in [-0.25, -0.2) is 4.98 Å². The minimum atomic E-state index is -1.04. The maximum atomic E-state index is 10.8. The van der Waals surface area contributed by atoms with Crippen LogP contribution in [-0.4, -0.2) is 22.1 Å². The number of nitrogens with two attached hydrogens (primary N) is 1. The Morgan fingerprint density at radius 1 is 1.53 bits per heavy atom. The first-order valence-electron chi connectivity index (χ1n) is 6.67. The fraction of sp³-hybridized carbons (Fsp3) is 0.692. The number of carbonyl (C=O) groups is 1. The van der Waals surface area contributed by atoms with Gasteiger partial charge in [0.2, 0.25) is 0 Å². The zero-order chi connectivity index (χ0) is 14.0. The van der Waals surface area contributed by atoms with Crippen LogP contribution in [0.4, 0.5) is 5.13 Å². The molecule has 0 radical (unpaired) electrons. The molecule has 0 aliphatic heterocycles. The second-order valence-corrected chi connectivity index (χ2v) is 6.36. The second kappa shape index (κ2) is 5.88. The normalized spacial score (nSPS) is 28.9. The Bertz CT molecular complexity index is 449. The molecule has 1 aliphatic carbocycles. The number of anilines is 1. The Balaban J connectivity index is 1.95. The van der Waals surface area contributed by atoms with E-state index in [2.05, 4.69) is 24.1 Å². The summed E-state index contributed by atoms with van der Waals surface area (Å²) in [4.78, 5) is 15.1. The standard InChI is InChI=1S/C13H21N3O2S/c1-7-3-4-9(5-8(7)2)15-13-16-10(6-19-13)11(14)12(17)18/h6-9,11H,3-5,14H2,1-2H3,(H,15,16)(H,17,18). The van der Waals surface area contributed by atoms with Crippen molar-refractivity contribution in [2.45, 2.75) is 45.2 Å². The van der Waals surface area contributed by atoms with Gasteiger partial charge in [-0.15, -0.1) is 11.3 Å². The van der Waals surface area contributed by atoms with Gasteiger partial charge in [0.05, 0.1) is 5.69 Å². The molecule has 6 heteroatoms. The van der Waals surface area contributed by atoms with Gasteiger partial charge in [0, 0.05) is 11.4 Å². The highest BCUT2D eigenvalue weighted by Gasteiger charge is 2.25. The molecule has 0 amide bonds. The summed E-state index contributed by atoms with van der Waals surface area (Å²) in [5.41, 5.74) is 5.97. The van der Waals surface area contributed by atoms with E-state index in [0.29, 0.717) is 17.7 Å². The summed E-state index contributed by atoms with van der Waals surface area (Å²) in [5.74, 6) is 0.453. The molecule has 0 spiro atoms. The van der Waals surface area contributed by atoms with E-state index in [9.17, 15) is 4.79 Å². The van der Waals surface area contributed by atoms with Gasteiger partial charge in [-0.2, -0.15) is 0 Å². The average molecular weight is 283 g/mol. The zero-order valence-corrected chi connectivity index (χ0v) is 12.1. The summed E-state index contributed by atoms with van der Waals surface area (Å²) in [6, 6.07) is -0.594. The molecule has 106 valence electrons. The summed E-state index contributed by atoms with van der Waals surface area (Å²) in [7, 11) is 0. The molecule has 1 fully saturated rings. The highest BCUT2D eigenvalue weighted by Crippen LogP contribution is 2.31. The summed E-state index contributed by atoms with van der Waals surface area (Å²) in [6.45, 7) is 4.58. The first-order valence-corrected chi connectivity index (χ1v) is 7.55. The maximum Gasteiger partial charge on any atom is 0.326 e. The van der Waals surface area contributed by atoms with Crippen molar-refractivity contribution in [2.75, 3.05) is 5.32 Å². The number of nitrogens with zero attached hydrogens (tertiary/aromatic N) is 1. The van der Waals surface area contributed by atoms with E-state index in [0.717, 1.165) is 23.9 Å². The predicted octanol–water partition coefficient (Wildman–Crippen LogP) is 2.46. The second-order valence-electron chi connectivity index (χ2n) is 5.50. The van der Waals surface area contributed by atoms with E-state index in [1.165, 1.54) is 17.8 Å². The molecule has 4 N–H and O–H groups in total. The number of hydrogen-bond acceptors (Lipinski definition) is 5. The van der Waals surface area contributed by atoms with Gasteiger partial charge in [0.1, 0.15) is 6.04 Å². The topological polar surface area (TPSA) is 88.2 Å². The predicted molar refractivity (Wildman–Crippen MR) is 76.3 cm³/mol.